The van der Waals surface area contributed by atoms with E-state index in [4.69, 9.17) is 4.74 Å². The minimum absolute atomic E-state index is 0.0628. The van der Waals surface area contributed by atoms with E-state index in [1.807, 2.05) is 25.1 Å². The van der Waals surface area contributed by atoms with Gasteiger partial charge in [-0.15, -0.1) is 0 Å². The lowest BCUT2D eigenvalue weighted by molar-refractivity contribution is -0.156. The van der Waals surface area contributed by atoms with Gasteiger partial charge in [0.05, 0.1) is 12.5 Å². The van der Waals surface area contributed by atoms with Gasteiger partial charge < -0.3 is 9.84 Å². The third-order valence-corrected chi connectivity index (χ3v) is 6.07. The first-order chi connectivity index (χ1) is 13.5. The van der Waals surface area contributed by atoms with Crippen LogP contribution in [0.1, 0.15) is 71.4 Å². The number of aryl methyl sites for hydroxylation is 1. The zero-order valence-electron chi connectivity index (χ0n) is 18.2. The van der Waals surface area contributed by atoms with E-state index in [0.29, 0.717) is 12.8 Å². The van der Waals surface area contributed by atoms with Gasteiger partial charge in [0, 0.05) is 6.42 Å². The highest BCUT2D eigenvalue weighted by Gasteiger charge is 2.38. The molecule has 1 aromatic carbocycles. The van der Waals surface area contributed by atoms with Crippen molar-refractivity contribution >= 4 is 11.5 Å². The number of aliphatic hydroxyl groups is 1. The number of benzene rings is 1. The van der Waals surface area contributed by atoms with Crippen molar-refractivity contribution in [1.82, 2.24) is 0 Å². The van der Waals surface area contributed by atoms with Crippen molar-refractivity contribution in [2.45, 2.75) is 78.9 Å². The summed E-state index contributed by atoms with van der Waals surface area (Å²) in [5.74, 6) is -0.519. The van der Waals surface area contributed by atoms with Gasteiger partial charge in [-0.2, -0.15) is 0 Å². The van der Waals surface area contributed by atoms with Crippen molar-refractivity contribution in [3.05, 3.63) is 52.9 Å². The molecule has 1 aromatic rings. The second-order valence-corrected chi connectivity index (χ2v) is 9.93. The number of rotatable bonds is 4. The van der Waals surface area contributed by atoms with Gasteiger partial charge in [0.15, 0.2) is 0 Å². The lowest BCUT2D eigenvalue weighted by Crippen LogP contribution is -2.32. The number of carbonyl (C=O) groups excluding carboxylic acids is 1. The van der Waals surface area contributed by atoms with Gasteiger partial charge in [-0.3, -0.25) is 4.79 Å². The predicted octanol–water partition coefficient (Wildman–Crippen LogP) is 5.61. The molecular weight excluding hydrogens is 367 g/mol. The van der Waals surface area contributed by atoms with Gasteiger partial charge in [0.25, 0.3) is 0 Å². The van der Waals surface area contributed by atoms with Crippen LogP contribution in [0.4, 0.5) is 4.39 Å². The second-order valence-electron chi connectivity index (χ2n) is 9.93. The molecule has 2 aliphatic rings. The number of allylic oxidation sites excluding steroid dienone is 3. The Balaban J connectivity index is 2.06. The van der Waals surface area contributed by atoms with Gasteiger partial charge in [-0.25, -0.2) is 4.39 Å². The molecule has 1 aliphatic carbocycles. The summed E-state index contributed by atoms with van der Waals surface area (Å²) >= 11 is 0. The van der Waals surface area contributed by atoms with Gasteiger partial charge in [-0.05, 0) is 70.6 Å². The Kier molecular flexibility index (Phi) is 6.05. The molecule has 0 aromatic heterocycles. The van der Waals surface area contributed by atoms with Crippen LogP contribution in [0, 0.1) is 16.6 Å². The van der Waals surface area contributed by atoms with Crippen LogP contribution < -0.4 is 0 Å². The number of esters is 1. The van der Waals surface area contributed by atoms with Gasteiger partial charge in [-0.1, -0.05) is 46.8 Å². The maximum Gasteiger partial charge on any atom is 0.309 e. The lowest BCUT2D eigenvalue weighted by atomic mass is 9.61. The monoisotopic (exact) mass is 400 g/mol. The Hall–Kier alpha value is -1.94. The van der Waals surface area contributed by atoms with Crippen LogP contribution in [0.15, 0.2) is 35.9 Å². The van der Waals surface area contributed by atoms with Crippen LogP contribution >= 0.6 is 0 Å². The highest BCUT2D eigenvalue weighted by Crippen LogP contribution is 2.52. The molecule has 4 heteroatoms. The summed E-state index contributed by atoms with van der Waals surface area (Å²) in [5.41, 5.74) is 4.26. The van der Waals surface area contributed by atoms with E-state index in [9.17, 15) is 14.3 Å². The standard InChI is InChI=1S/C25H33FO3/c1-6-16-11-17(7-10-22(16)26)20-14-24(2,3)15-25(4,5)21(20)9-8-19-12-18(27)13-23(28)29-19/h7-11,18-19,27H,6,12-15H2,1-5H3/b9-8+/t18-,19-/m0/s1. The number of hydrogen-bond acceptors (Lipinski definition) is 3. The fraction of sp³-hybridized carbons (Fsp3) is 0.560. The van der Waals surface area contributed by atoms with Crippen molar-refractivity contribution in [2.24, 2.45) is 10.8 Å². The second kappa shape index (κ2) is 8.06. The number of carbonyl (C=O) groups is 1. The molecule has 0 radical (unpaired) electrons. The minimum atomic E-state index is -0.651. The Labute approximate surface area is 173 Å². The smallest absolute Gasteiger partial charge is 0.309 e. The van der Waals surface area contributed by atoms with Crippen LogP contribution in [-0.4, -0.2) is 23.3 Å². The third kappa shape index (κ3) is 4.98. The van der Waals surface area contributed by atoms with Crippen molar-refractivity contribution in [2.75, 3.05) is 0 Å². The Morgan fingerprint density at radius 3 is 2.66 bits per heavy atom. The molecule has 1 aliphatic heterocycles. The summed E-state index contributed by atoms with van der Waals surface area (Å²) in [4.78, 5) is 11.7. The molecule has 29 heavy (non-hydrogen) atoms. The zero-order valence-corrected chi connectivity index (χ0v) is 18.2. The molecule has 0 bridgehead atoms. The van der Waals surface area contributed by atoms with Crippen LogP contribution in [0.25, 0.3) is 5.57 Å². The molecule has 1 N–H and O–H groups in total. The number of cyclic esters (lactones) is 1. The molecule has 2 atom stereocenters. The highest BCUT2D eigenvalue weighted by atomic mass is 19.1. The number of aliphatic hydroxyl groups excluding tert-OH is 1. The highest BCUT2D eigenvalue weighted by molar-refractivity contribution is 5.74. The molecule has 3 nitrogen and oxygen atoms in total. The number of halogens is 1. The van der Waals surface area contributed by atoms with Gasteiger partial charge >= 0.3 is 5.97 Å². The molecule has 0 amide bonds. The molecule has 1 fully saturated rings. The molecule has 1 saturated heterocycles. The summed E-state index contributed by atoms with van der Waals surface area (Å²) in [6.07, 6.45) is 5.97. The fourth-order valence-electron chi connectivity index (χ4n) is 5.08. The fourth-order valence-corrected chi connectivity index (χ4v) is 5.08. The average molecular weight is 401 g/mol. The Bertz CT molecular complexity index is 848. The molecule has 158 valence electrons. The lowest BCUT2D eigenvalue weighted by Gasteiger charge is -2.43. The van der Waals surface area contributed by atoms with Crippen molar-refractivity contribution in [3.8, 4) is 0 Å². The average Bonchev–Trinajstić information content (AvgIpc) is 2.58. The van der Waals surface area contributed by atoms with E-state index in [0.717, 1.165) is 24.0 Å². The van der Waals surface area contributed by atoms with Gasteiger partial charge in [0.2, 0.25) is 0 Å². The molecule has 0 saturated carbocycles. The van der Waals surface area contributed by atoms with Crippen LogP contribution in [0.5, 0.6) is 0 Å². The Morgan fingerprint density at radius 2 is 2.00 bits per heavy atom. The molecule has 0 spiro atoms. The first-order valence-electron chi connectivity index (χ1n) is 10.6. The van der Waals surface area contributed by atoms with E-state index in [2.05, 4.69) is 33.8 Å². The molecule has 0 unspecified atom stereocenters. The van der Waals surface area contributed by atoms with Crippen molar-refractivity contribution in [3.63, 3.8) is 0 Å². The summed E-state index contributed by atoms with van der Waals surface area (Å²) < 4.78 is 19.5. The molecule has 3 rings (SSSR count). The maximum atomic E-state index is 14.1. The Morgan fingerprint density at radius 1 is 1.28 bits per heavy atom. The van der Waals surface area contributed by atoms with Crippen molar-refractivity contribution < 1.29 is 19.0 Å². The topological polar surface area (TPSA) is 46.5 Å². The predicted molar refractivity (Wildman–Crippen MR) is 114 cm³/mol. The maximum absolute atomic E-state index is 14.1. The zero-order chi connectivity index (χ0) is 21.4. The van der Waals surface area contributed by atoms with E-state index in [1.54, 1.807) is 6.07 Å². The SMILES string of the molecule is CCc1cc(C2=C(/C=C/[C@H]3C[C@H](O)CC(=O)O3)C(C)(C)CC(C)(C)C2)ccc1F. The summed E-state index contributed by atoms with van der Waals surface area (Å²) in [5, 5.41) is 9.89. The molecular formula is C25H33FO3. The van der Waals surface area contributed by atoms with Crippen LogP contribution in [-0.2, 0) is 16.0 Å². The quantitative estimate of drug-likeness (QED) is 0.668. The molecule has 1 heterocycles. The van der Waals surface area contributed by atoms with E-state index < -0.39 is 12.2 Å². The van der Waals surface area contributed by atoms with Gasteiger partial charge in [0.1, 0.15) is 11.9 Å². The number of hydrogen-bond donors (Lipinski definition) is 1. The summed E-state index contributed by atoms with van der Waals surface area (Å²) in [6.45, 7) is 11.0. The first-order valence-corrected chi connectivity index (χ1v) is 10.6. The minimum Gasteiger partial charge on any atom is -0.458 e. The van der Waals surface area contributed by atoms with Crippen LogP contribution in [0.3, 0.4) is 0 Å². The normalized spacial score (nSPS) is 26.7. The van der Waals surface area contributed by atoms with E-state index in [-0.39, 0.29) is 29.0 Å². The number of ether oxygens (including phenoxy) is 1. The largest absolute Gasteiger partial charge is 0.458 e. The van der Waals surface area contributed by atoms with E-state index >= 15 is 0 Å². The third-order valence-electron chi connectivity index (χ3n) is 6.07. The van der Waals surface area contributed by atoms with Crippen LogP contribution in [0.2, 0.25) is 0 Å². The summed E-state index contributed by atoms with van der Waals surface area (Å²) in [7, 11) is 0. The van der Waals surface area contributed by atoms with E-state index in [1.165, 1.54) is 11.1 Å². The summed E-state index contributed by atoms with van der Waals surface area (Å²) in [6, 6.07) is 5.41. The van der Waals surface area contributed by atoms with Crippen molar-refractivity contribution in [1.29, 1.82) is 0 Å². The first kappa shape index (κ1) is 21.8.